The molecule has 1 N–H and O–H groups in total. The van der Waals surface area contributed by atoms with Gasteiger partial charge in [-0.25, -0.2) is 4.39 Å². The van der Waals surface area contributed by atoms with Crippen molar-refractivity contribution in [2.75, 3.05) is 19.9 Å². The summed E-state index contributed by atoms with van der Waals surface area (Å²) in [7, 11) is 0. The van der Waals surface area contributed by atoms with Gasteiger partial charge in [0.05, 0.1) is 19.3 Å². The van der Waals surface area contributed by atoms with Crippen LogP contribution in [0.2, 0.25) is 5.02 Å². The van der Waals surface area contributed by atoms with Crippen molar-refractivity contribution in [2.45, 2.75) is 38.1 Å². The van der Waals surface area contributed by atoms with Crippen LogP contribution in [-0.4, -0.2) is 42.1 Å². The molecular formula is C21H23ClFNO4. The molecule has 0 spiro atoms. The molecule has 5 nitrogen and oxygen atoms in total. The summed E-state index contributed by atoms with van der Waals surface area (Å²) in [6.45, 7) is 1.60. The van der Waals surface area contributed by atoms with E-state index in [9.17, 15) is 9.50 Å². The van der Waals surface area contributed by atoms with Gasteiger partial charge in [0.1, 0.15) is 5.82 Å². The zero-order valence-corrected chi connectivity index (χ0v) is 16.2. The minimum absolute atomic E-state index is 0.197. The number of benzene rings is 2. The maximum absolute atomic E-state index is 14.1. The van der Waals surface area contributed by atoms with Crippen molar-refractivity contribution in [1.29, 1.82) is 0 Å². The normalized spacial score (nSPS) is 16.6. The summed E-state index contributed by atoms with van der Waals surface area (Å²) in [6, 6.07) is 10.7. The fourth-order valence-corrected chi connectivity index (χ4v) is 3.56. The molecule has 1 fully saturated rings. The Bertz CT molecular complexity index is 810. The largest absolute Gasteiger partial charge is 0.454 e. The number of halogens is 2. The highest BCUT2D eigenvalue weighted by atomic mass is 35.5. The Hall–Kier alpha value is -1.86. The van der Waals surface area contributed by atoms with E-state index in [-0.39, 0.29) is 19.2 Å². The van der Waals surface area contributed by atoms with Crippen LogP contribution in [-0.2, 0) is 17.9 Å². The summed E-state index contributed by atoms with van der Waals surface area (Å²) in [5, 5.41) is 10.8. The van der Waals surface area contributed by atoms with Crippen LogP contribution in [0.4, 0.5) is 4.39 Å². The van der Waals surface area contributed by atoms with Gasteiger partial charge in [0, 0.05) is 29.7 Å². The van der Waals surface area contributed by atoms with Crippen molar-refractivity contribution in [3.63, 3.8) is 0 Å². The van der Waals surface area contributed by atoms with Gasteiger partial charge < -0.3 is 19.3 Å². The predicted octanol–water partition coefficient (Wildman–Crippen LogP) is 3.75. The Morgan fingerprint density at radius 3 is 2.82 bits per heavy atom. The summed E-state index contributed by atoms with van der Waals surface area (Å²) in [6.07, 6.45) is 1.44. The first-order chi connectivity index (χ1) is 13.6. The average Bonchev–Trinajstić information content (AvgIpc) is 3.41. The Kier molecular flexibility index (Phi) is 6.01. The molecule has 150 valence electrons. The van der Waals surface area contributed by atoms with E-state index in [0.29, 0.717) is 42.1 Å². The minimum Gasteiger partial charge on any atom is -0.454 e. The van der Waals surface area contributed by atoms with Crippen molar-refractivity contribution in [3.8, 4) is 11.5 Å². The molecule has 2 aromatic rings. The summed E-state index contributed by atoms with van der Waals surface area (Å²) in [5.74, 6) is 1.13. The third kappa shape index (κ3) is 4.75. The SMILES string of the molecule is OC(COCc1ccc2c(c1)OCO2)CN(Cc1c(F)cccc1Cl)C1CC1. The van der Waals surface area contributed by atoms with Crippen molar-refractivity contribution >= 4 is 11.6 Å². The number of aliphatic hydroxyl groups excluding tert-OH is 1. The molecule has 0 aromatic heterocycles. The van der Waals surface area contributed by atoms with Crippen molar-refractivity contribution < 1.29 is 23.7 Å². The van der Waals surface area contributed by atoms with E-state index in [0.717, 1.165) is 24.2 Å². The topological polar surface area (TPSA) is 51.2 Å². The molecule has 1 heterocycles. The highest BCUT2D eigenvalue weighted by Crippen LogP contribution is 2.33. The molecule has 28 heavy (non-hydrogen) atoms. The second kappa shape index (κ2) is 8.66. The van der Waals surface area contributed by atoms with Crippen LogP contribution in [0.1, 0.15) is 24.0 Å². The Labute approximate surface area is 168 Å². The van der Waals surface area contributed by atoms with Crippen LogP contribution < -0.4 is 9.47 Å². The Morgan fingerprint density at radius 2 is 2.04 bits per heavy atom. The quantitative estimate of drug-likeness (QED) is 0.686. The monoisotopic (exact) mass is 407 g/mol. The van der Waals surface area contributed by atoms with E-state index in [1.807, 2.05) is 18.2 Å². The van der Waals surface area contributed by atoms with Crippen LogP contribution >= 0.6 is 11.6 Å². The average molecular weight is 408 g/mol. The summed E-state index contributed by atoms with van der Waals surface area (Å²) in [5.41, 5.74) is 1.43. The van der Waals surface area contributed by atoms with E-state index in [1.54, 1.807) is 12.1 Å². The van der Waals surface area contributed by atoms with Gasteiger partial charge in [-0.2, -0.15) is 0 Å². The standard InChI is InChI=1S/C21H23ClFNO4/c22-18-2-1-3-19(23)17(18)10-24(15-5-6-15)9-16(25)12-26-11-14-4-7-20-21(8-14)28-13-27-20/h1-4,7-8,15-16,25H,5-6,9-13H2. The van der Waals surface area contributed by atoms with Crippen molar-refractivity contribution in [3.05, 3.63) is 58.4 Å². The third-order valence-electron chi connectivity index (χ3n) is 4.95. The fraction of sp³-hybridized carbons (Fsp3) is 0.429. The smallest absolute Gasteiger partial charge is 0.231 e. The molecule has 0 radical (unpaired) electrons. The first-order valence-corrected chi connectivity index (χ1v) is 9.79. The van der Waals surface area contributed by atoms with Gasteiger partial charge in [0.2, 0.25) is 6.79 Å². The summed E-state index contributed by atoms with van der Waals surface area (Å²) in [4.78, 5) is 2.08. The molecule has 1 aliphatic heterocycles. The lowest BCUT2D eigenvalue weighted by atomic mass is 10.2. The Balaban J connectivity index is 1.28. The van der Waals surface area contributed by atoms with Crippen LogP contribution in [0, 0.1) is 5.82 Å². The second-order valence-electron chi connectivity index (χ2n) is 7.22. The first-order valence-electron chi connectivity index (χ1n) is 9.41. The number of ether oxygens (including phenoxy) is 3. The number of fused-ring (bicyclic) bond motifs is 1. The van der Waals surface area contributed by atoms with Gasteiger partial charge in [0.15, 0.2) is 11.5 Å². The number of nitrogens with zero attached hydrogens (tertiary/aromatic N) is 1. The minimum atomic E-state index is -0.667. The molecule has 1 aliphatic carbocycles. The fourth-order valence-electron chi connectivity index (χ4n) is 3.34. The van der Waals surface area contributed by atoms with Crippen molar-refractivity contribution in [1.82, 2.24) is 4.90 Å². The van der Waals surface area contributed by atoms with Crippen LogP contribution in [0.3, 0.4) is 0 Å². The zero-order valence-electron chi connectivity index (χ0n) is 15.4. The lowest BCUT2D eigenvalue weighted by molar-refractivity contribution is 0.00687. The van der Waals surface area contributed by atoms with Crippen molar-refractivity contribution in [2.24, 2.45) is 0 Å². The molecule has 4 rings (SSSR count). The van der Waals surface area contributed by atoms with E-state index >= 15 is 0 Å². The Morgan fingerprint density at radius 1 is 1.21 bits per heavy atom. The maximum atomic E-state index is 14.1. The number of hydrogen-bond donors (Lipinski definition) is 1. The molecule has 2 aliphatic rings. The molecule has 0 saturated heterocycles. The highest BCUT2D eigenvalue weighted by Gasteiger charge is 2.31. The van der Waals surface area contributed by atoms with E-state index < -0.39 is 6.10 Å². The van der Waals surface area contributed by atoms with Crippen LogP contribution in [0.5, 0.6) is 11.5 Å². The molecule has 7 heteroatoms. The van der Waals surface area contributed by atoms with Gasteiger partial charge in [0.25, 0.3) is 0 Å². The lowest BCUT2D eigenvalue weighted by Gasteiger charge is -2.25. The van der Waals surface area contributed by atoms with E-state index in [1.165, 1.54) is 6.07 Å². The van der Waals surface area contributed by atoms with Gasteiger partial charge in [-0.15, -0.1) is 0 Å². The zero-order chi connectivity index (χ0) is 19.5. The third-order valence-corrected chi connectivity index (χ3v) is 5.30. The molecule has 0 amide bonds. The summed E-state index contributed by atoms with van der Waals surface area (Å²) >= 11 is 6.15. The highest BCUT2D eigenvalue weighted by molar-refractivity contribution is 6.31. The second-order valence-corrected chi connectivity index (χ2v) is 7.62. The molecule has 1 atom stereocenters. The van der Waals surface area contributed by atoms with E-state index in [2.05, 4.69) is 4.90 Å². The molecule has 1 unspecified atom stereocenters. The van der Waals surface area contributed by atoms with Gasteiger partial charge in [-0.1, -0.05) is 23.7 Å². The van der Waals surface area contributed by atoms with Gasteiger partial charge >= 0.3 is 0 Å². The van der Waals surface area contributed by atoms with Gasteiger partial charge in [-0.05, 0) is 42.7 Å². The van der Waals surface area contributed by atoms with Crippen LogP contribution in [0.15, 0.2) is 36.4 Å². The first kappa shape index (κ1) is 19.5. The molecule has 1 saturated carbocycles. The van der Waals surface area contributed by atoms with E-state index in [4.69, 9.17) is 25.8 Å². The maximum Gasteiger partial charge on any atom is 0.231 e. The summed E-state index contributed by atoms with van der Waals surface area (Å²) < 4.78 is 30.4. The number of rotatable bonds is 9. The number of hydrogen-bond acceptors (Lipinski definition) is 5. The van der Waals surface area contributed by atoms with Crippen LogP contribution in [0.25, 0.3) is 0 Å². The lowest BCUT2D eigenvalue weighted by Crippen LogP contribution is -2.36. The number of aliphatic hydroxyl groups is 1. The molecular weight excluding hydrogens is 385 g/mol. The molecule has 0 bridgehead atoms. The predicted molar refractivity (Wildman–Crippen MR) is 103 cm³/mol. The van der Waals surface area contributed by atoms with Gasteiger partial charge in [-0.3, -0.25) is 4.90 Å². The molecule has 2 aromatic carbocycles.